The minimum Gasteiger partial charge on any atom is -0.307 e. The number of hydrogen-bond acceptors (Lipinski definition) is 3. The smallest absolute Gasteiger partial charge is 0.145 e. The Morgan fingerprint density at radius 1 is 1.15 bits per heavy atom. The molecule has 1 unspecified atom stereocenters. The molecule has 0 aliphatic heterocycles. The average molecular weight is 290 g/mol. The summed E-state index contributed by atoms with van der Waals surface area (Å²) in [6.07, 6.45) is 4.49. The molecular weight excluding hydrogens is 270 g/mol. The molecule has 0 aliphatic carbocycles. The van der Waals surface area contributed by atoms with E-state index in [1.165, 1.54) is 5.56 Å². The molecule has 0 fully saturated rings. The third-order valence-corrected chi connectivity index (χ3v) is 3.55. The van der Waals surface area contributed by atoms with Gasteiger partial charge in [-0.15, -0.1) is 0 Å². The van der Waals surface area contributed by atoms with E-state index >= 15 is 0 Å². The Labute approximate surface area is 125 Å². The lowest BCUT2D eigenvalue weighted by Crippen LogP contribution is -2.25. The molecule has 1 atom stereocenters. The van der Waals surface area contributed by atoms with Gasteiger partial charge in [-0.25, -0.2) is 9.97 Å². The molecule has 2 aromatic rings. The predicted octanol–water partition coefficient (Wildman–Crippen LogP) is 3.64. The second-order valence-corrected chi connectivity index (χ2v) is 5.44. The van der Waals surface area contributed by atoms with E-state index in [0.29, 0.717) is 0 Å². The quantitative estimate of drug-likeness (QED) is 0.913. The number of aromatic nitrogens is 2. The summed E-state index contributed by atoms with van der Waals surface area (Å²) in [6, 6.07) is 6.24. The van der Waals surface area contributed by atoms with Crippen molar-refractivity contribution in [3.05, 3.63) is 58.1 Å². The van der Waals surface area contributed by atoms with Crippen LogP contribution in [0.1, 0.15) is 35.5 Å². The van der Waals surface area contributed by atoms with Crippen molar-refractivity contribution in [2.45, 2.75) is 33.2 Å². The highest BCUT2D eigenvalue weighted by Crippen LogP contribution is 2.23. The molecule has 0 saturated heterocycles. The van der Waals surface area contributed by atoms with Crippen LogP contribution in [0.3, 0.4) is 0 Å². The van der Waals surface area contributed by atoms with Crippen LogP contribution in [0.2, 0.25) is 5.02 Å². The molecule has 2 rings (SSSR count). The van der Waals surface area contributed by atoms with Gasteiger partial charge in [0, 0.05) is 17.4 Å². The monoisotopic (exact) mass is 289 g/mol. The second kappa shape index (κ2) is 6.82. The molecular formula is C16H20ClN3. The highest BCUT2D eigenvalue weighted by molar-refractivity contribution is 6.31. The number of benzene rings is 1. The zero-order valence-electron chi connectivity index (χ0n) is 12.2. The Kier molecular flexibility index (Phi) is 5.10. The normalized spacial score (nSPS) is 12.4. The zero-order valence-corrected chi connectivity index (χ0v) is 12.9. The first kappa shape index (κ1) is 14.9. The van der Waals surface area contributed by atoms with Crippen LogP contribution in [0.15, 0.2) is 30.6 Å². The summed E-state index contributed by atoms with van der Waals surface area (Å²) in [5, 5.41) is 4.23. The standard InChI is InChI=1S/C16H20ClN3/c1-4-18-15(16-19-9-12(3)10-20-16)8-13-6-5-11(2)7-14(13)17/h5-7,9-10,15,18H,4,8H2,1-3H3. The molecule has 0 radical (unpaired) electrons. The van der Waals surface area contributed by atoms with Crippen molar-refractivity contribution in [1.29, 1.82) is 0 Å². The topological polar surface area (TPSA) is 37.8 Å². The van der Waals surface area contributed by atoms with E-state index < -0.39 is 0 Å². The SMILES string of the molecule is CCNC(Cc1ccc(C)cc1Cl)c1ncc(C)cn1. The molecule has 0 spiro atoms. The lowest BCUT2D eigenvalue weighted by molar-refractivity contribution is 0.521. The first-order valence-corrected chi connectivity index (χ1v) is 7.25. The van der Waals surface area contributed by atoms with Gasteiger partial charge in [0.15, 0.2) is 0 Å². The van der Waals surface area contributed by atoms with Crippen LogP contribution in [-0.4, -0.2) is 16.5 Å². The summed E-state index contributed by atoms with van der Waals surface area (Å²) >= 11 is 6.32. The third kappa shape index (κ3) is 3.78. The number of hydrogen-bond donors (Lipinski definition) is 1. The molecule has 0 aliphatic rings. The minimum atomic E-state index is 0.0841. The molecule has 0 bridgehead atoms. The van der Waals surface area contributed by atoms with E-state index in [1.807, 2.05) is 32.3 Å². The predicted molar refractivity (Wildman–Crippen MR) is 83.1 cm³/mol. The van der Waals surface area contributed by atoms with Crippen molar-refractivity contribution >= 4 is 11.6 Å². The number of nitrogens with zero attached hydrogens (tertiary/aromatic N) is 2. The maximum Gasteiger partial charge on any atom is 0.145 e. The summed E-state index contributed by atoms with van der Waals surface area (Å²) in [6.45, 7) is 6.98. The van der Waals surface area contributed by atoms with Gasteiger partial charge in [-0.2, -0.15) is 0 Å². The maximum absolute atomic E-state index is 6.32. The Morgan fingerprint density at radius 2 is 1.85 bits per heavy atom. The highest BCUT2D eigenvalue weighted by Gasteiger charge is 2.15. The molecule has 1 aromatic carbocycles. The highest BCUT2D eigenvalue weighted by atomic mass is 35.5. The molecule has 1 aromatic heterocycles. The van der Waals surface area contributed by atoms with Gasteiger partial charge in [0.05, 0.1) is 6.04 Å². The molecule has 0 amide bonds. The van der Waals surface area contributed by atoms with E-state index in [0.717, 1.165) is 34.9 Å². The van der Waals surface area contributed by atoms with E-state index in [2.05, 4.69) is 34.3 Å². The molecule has 20 heavy (non-hydrogen) atoms. The summed E-state index contributed by atoms with van der Waals surface area (Å²) in [7, 11) is 0. The Hall–Kier alpha value is -1.45. The first-order valence-electron chi connectivity index (χ1n) is 6.87. The van der Waals surface area contributed by atoms with Crippen LogP contribution in [0, 0.1) is 13.8 Å². The van der Waals surface area contributed by atoms with E-state index in [1.54, 1.807) is 0 Å². The fourth-order valence-electron chi connectivity index (χ4n) is 2.12. The fraction of sp³-hybridized carbons (Fsp3) is 0.375. The van der Waals surface area contributed by atoms with Gasteiger partial charge in [0.25, 0.3) is 0 Å². The van der Waals surface area contributed by atoms with Crippen molar-refractivity contribution in [3.63, 3.8) is 0 Å². The second-order valence-electron chi connectivity index (χ2n) is 5.03. The van der Waals surface area contributed by atoms with Gasteiger partial charge >= 0.3 is 0 Å². The summed E-state index contributed by atoms with van der Waals surface area (Å²) in [5.74, 6) is 0.814. The van der Waals surface area contributed by atoms with E-state index in [4.69, 9.17) is 11.6 Å². The molecule has 0 saturated carbocycles. The van der Waals surface area contributed by atoms with Crippen LogP contribution in [0.5, 0.6) is 0 Å². The number of aryl methyl sites for hydroxylation is 2. The summed E-state index contributed by atoms with van der Waals surface area (Å²) < 4.78 is 0. The summed E-state index contributed by atoms with van der Waals surface area (Å²) in [5.41, 5.74) is 3.36. The Balaban J connectivity index is 2.22. The minimum absolute atomic E-state index is 0.0841. The number of rotatable bonds is 5. The largest absolute Gasteiger partial charge is 0.307 e. The third-order valence-electron chi connectivity index (χ3n) is 3.20. The summed E-state index contributed by atoms with van der Waals surface area (Å²) in [4.78, 5) is 8.85. The van der Waals surface area contributed by atoms with E-state index in [9.17, 15) is 0 Å². The molecule has 4 heteroatoms. The number of likely N-dealkylation sites (N-methyl/N-ethyl adjacent to an activating group) is 1. The van der Waals surface area contributed by atoms with Crippen molar-refractivity contribution < 1.29 is 0 Å². The van der Waals surface area contributed by atoms with Gasteiger partial charge in [0.2, 0.25) is 0 Å². The van der Waals surface area contributed by atoms with Gasteiger partial charge in [-0.05, 0) is 49.6 Å². The number of halogens is 1. The van der Waals surface area contributed by atoms with E-state index in [-0.39, 0.29) is 6.04 Å². The lowest BCUT2D eigenvalue weighted by atomic mass is 10.0. The van der Waals surface area contributed by atoms with Crippen molar-refractivity contribution in [2.75, 3.05) is 6.54 Å². The fourth-order valence-corrected chi connectivity index (χ4v) is 2.43. The van der Waals surface area contributed by atoms with Crippen LogP contribution in [-0.2, 0) is 6.42 Å². The molecule has 106 valence electrons. The molecule has 1 N–H and O–H groups in total. The van der Waals surface area contributed by atoms with Crippen molar-refractivity contribution in [2.24, 2.45) is 0 Å². The van der Waals surface area contributed by atoms with Crippen molar-refractivity contribution in [1.82, 2.24) is 15.3 Å². The molecule has 1 heterocycles. The van der Waals surface area contributed by atoms with Crippen LogP contribution < -0.4 is 5.32 Å². The maximum atomic E-state index is 6.32. The Morgan fingerprint density at radius 3 is 2.45 bits per heavy atom. The van der Waals surface area contributed by atoms with Crippen LogP contribution in [0.4, 0.5) is 0 Å². The Bertz CT molecular complexity index is 566. The lowest BCUT2D eigenvalue weighted by Gasteiger charge is -2.17. The zero-order chi connectivity index (χ0) is 14.5. The van der Waals surface area contributed by atoms with Gasteiger partial charge < -0.3 is 5.32 Å². The van der Waals surface area contributed by atoms with Crippen LogP contribution in [0.25, 0.3) is 0 Å². The average Bonchev–Trinajstić information content (AvgIpc) is 2.42. The van der Waals surface area contributed by atoms with Crippen molar-refractivity contribution in [3.8, 4) is 0 Å². The van der Waals surface area contributed by atoms with Gasteiger partial charge in [-0.3, -0.25) is 0 Å². The number of nitrogens with one attached hydrogen (secondary N) is 1. The first-order chi connectivity index (χ1) is 9.60. The molecule has 3 nitrogen and oxygen atoms in total. The van der Waals surface area contributed by atoms with Crippen LogP contribution >= 0.6 is 11.6 Å². The van der Waals surface area contributed by atoms with Gasteiger partial charge in [0.1, 0.15) is 5.82 Å². The van der Waals surface area contributed by atoms with Gasteiger partial charge in [-0.1, -0.05) is 30.7 Å².